The van der Waals surface area contributed by atoms with Crippen LogP contribution in [0.25, 0.3) is 0 Å². The Bertz CT molecular complexity index is 1290. The first-order valence-electron chi connectivity index (χ1n) is 15.5. The Morgan fingerprint density at radius 2 is 1.67 bits per heavy atom. The van der Waals surface area contributed by atoms with Gasteiger partial charge < -0.3 is 34.7 Å². The molecule has 1 aromatic carbocycles. The Hall–Kier alpha value is -3.65. The number of carbonyl (C=O) groups is 4. The van der Waals surface area contributed by atoms with Crippen LogP contribution in [-0.2, 0) is 41.6 Å². The molecule has 0 spiro atoms. The molecule has 0 saturated carbocycles. The molecular formula is C32H45N5O8. The van der Waals surface area contributed by atoms with E-state index in [1.807, 2.05) is 44.2 Å². The number of benzene rings is 1. The summed E-state index contributed by atoms with van der Waals surface area (Å²) in [4.78, 5) is 55.5. The number of aromatic nitrogens is 1. The van der Waals surface area contributed by atoms with Crippen LogP contribution in [0.4, 0.5) is 0 Å². The molecule has 2 aliphatic heterocycles. The first kappa shape index (κ1) is 34.2. The van der Waals surface area contributed by atoms with Gasteiger partial charge in [0, 0.05) is 26.3 Å². The number of hydrogen-bond donors (Lipinski definition) is 3. The number of carbonyl (C=O) groups excluding carboxylic acids is 4. The second kappa shape index (κ2) is 16.1. The van der Waals surface area contributed by atoms with Crippen LogP contribution >= 0.6 is 0 Å². The van der Waals surface area contributed by atoms with E-state index in [-0.39, 0.29) is 30.4 Å². The minimum Gasteiger partial charge on any atom is -0.382 e. The fourth-order valence-corrected chi connectivity index (χ4v) is 5.15. The van der Waals surface area contributed by atoms with Crippen LogP contribution in [0.15, 0.2) is 40.9 Å². The Morgan fingerprint density at radius 1 is 1.00 bits per heavy atom. The molecule has 3 heterocycles. The number of nitrogens with one attached hydrogen (secondary N) is 3. The second-order valence-corrected chi connectivity index (χ2v) is 12.2. The molecule has 13 heteroatoms. The maximum Gasteiger partial charge on any atom is 0.274 e. The van der Waals surface area contributed by atoms with Crippen LogP contribution in [-0.4, -0.2) is 104 Å². The first-order valence-corrected chi connectivity index (χ1v) is 15.5. The highest BCUT2D eigenvalue weighted by Gasteiger charge is 2.50. The largest absolute Gasteiger partial charge is 0.382 e. The molecule has 13 nitrogen and oxygen atoms in total. The lowest BCUT2D eigenvalue weighted by Gasteiger charge is -2.26. The van der Waals surface area contributed by atoms with E-state index in [2.05, 4.69) is 26.0 Å². The molecule has 0 radical (unpaired) electrons. The quantitative estimate of drug-likeness (QED) is 0.218. The summed E-state index contributed by atoms with van der Waals surface area (Å²) in [6.45, 7) is 9.02. The van der Waals surface area contributed by atoms with Crippen molar-refractivity contribution in [1.82, 2.24) is 26.0 Å². The van der Waals surface area contributed by atoms with Gasteiger partial charge in [-0.25, -0.2) is 0 Å². The lowest BCUT2D eigenvalue weighted by molar-refractivity contribution is -0.134. The number of nitrogens with zero attached hydrogens (tertiary/aromatic N) is 2. The molecule has 2 fully saturated rings. The van der Waals surface area contributed by atoms with E-state index >= 15 is 0 Å². The van der Waals surface area contributed by atoms with Gasteiger partial charge in [0.05, 0.1) is 39.0 Å². The van der Waals surface area contributed by atoms with Gasteiger partial charge >= 0.3 is 0 Å². The summed E-state index contributed by atoms with van der Waals surface area (Å²) in [5.74, 6) is -1.27. The summed E-state index contributed by atoms with van der Waals surface area (Å²) >= 11 is 0. The molecule has 4 atom stereocenters. The van der Waals surface area contributed by atoms with Gasteiger partial charge in [-0.2, -0.15) is 0 Å². The normalized spacial score (nSPS) is 20.2. The van der Waals surface area contributed by atoms with Crippen LogP contribution in [0.5, 0.6) is 0 Å². The van der Waals surface area contributed by atoms with E-state index in [4.69, 9.17) is 18.7 Å². The maximum absolute atomic E-state index is 13.6. The first-order chi connectivity index (χ1) is 21.6. The highest BCUT2D eigenvalue weighted by Crippen LogP contribution is 2.29. The number of Topliss-reactive ketones (excluding diaryl/α,β-unsaturated/α-hetero) is 1. The van der Waals surface area contributed by atoms with E-state index in [0.717, 1.165) is 18.7 Å². The molecule has 3 unspecified atom stereocenters. The van der Waals surface area contributed by atoms with Crippen molar-refractivity contribution in [2.75, 3.05) is 46.6 Å². The Labute approximate surface area is 263 Å². The number of aryl methyl sites for hydroxylation is 1. The van der Waals surface area contributed by atoms with Crippen LogP contribution in [0.3, 0.4) is 0 Å². The van der Waals surface area contributed by atoms with Crippen molar-refractivity contribution in [1.29, 1.82) is 0 Å². The van der Waals surface area contributed by atoms with Gasteiger partial charge in [-0.05, 0) is 37.7 Å². The van der Waals surface area contributed by atoms with Crippen molar-refractivity contribution in [2.45, 2.75) is 70.3 Å². The zero-order valence-electron chi connectivity index (χ0n) is 26.5. The Morgan fingerprint density at radius 3 is 2.31 bits per heavy atom. The van der Waals surface area contributed by atoms with E-state index in [1.54, 1.807) is 13.0 Å². The van der Waals surface area contributed by atoms with Gasteiger partial charge in [0.25, 0.3) is 5.91 Å². The van der Waals surface area contributed by atoms with Gasteiger partial charge in [-0.3, -0.25) is 24.1 Å². The molecule has 3 N–H and O–H groups in total. The molecule has 246 valence electrons. The van der Waals surface area contributed by atoms with Crippen LogP contribution in [0.1, 0.15) is 55.4 Å². The van der Waals surface area contributed by atoms with Crippen LogP contribution in [0.2, 0.25) is 0 Å². The van der Waals surface area contributed by atoms with Gasteiger partial charge in [0.15, 0.2) is 17.2 Å². The van der Waals surface area contributed by atoms with Gasteiger partial charge in [0.1, 0.15) is 17.7 Å². The number of hydrogen-bond acceptors (Lipinski definition) is 10. The molecule has 2 aromatic rings. The number of morpholine rings is 1. The third-order valence-electron chi connectivity index (χ3n) is 7.87. The van der Waals surface area contributed by atoms with Gasteiger partial charge in [-0.15, -0.1) is 0 Å². The van der Waals surface area contributed by atoms with Crippen molar-refractivity contribution in [3.8, 4) is 0 Å². The summed E-state index contributed by atoms with van der Waals surface area (Å²) in [6.07, 6.45) is 1.16. The highest BCUT2D eigenvalue weighted by molar-refractivity contribution is 5.99. The van der Waals surface area contributed by atoms with Gasteiger partial charge in [-0.1, -0.05) is 49.3 Å². The fourth-order valence-electron chi connectivity index (χ4n) is 5.15. The summed E-state index contributed by atoms with van der Waals surface area (Å²) < 4.78 is 21.4. The van der Waals surface area contributed by atoms with E-state index in [0.29, 0.717) is 45.0 Å². The molecule has 2 aliphatic rings. The van der Waals surface area contributed by atoms with Crippen molar-refractivity contribution < 1.29 is 37.9 Å². The second-order valence-electron chi connectivity index (χ2n) is 12.2. The highest BCUT2D eigenvalue weighted by atomic mass is 16.6. The lowest BCUT2D eigenvalue weighted by atomic mass is 9.93. The molecule has 3 amide bonds. The predicted molar refractivity (Wildman–Crippen MR) is 163 cm³/mol. The molecule has 4 rings (SSSR count). The fraction of sp³-hybridized carbons (Fsp3) is 0.594. The molecule has 1 aromatic heterocycles. The van der Waals surface area contributed by atoms with Crippen LogP contribution in [0, 0.1) is 5.92 Å². The van der Waals surface area contributed by atoms with Crippen LogP contribution < -0.4 is 16.0 Å². The maximum atomic E-state index is 13.6. The zero-order valence-corrected chi connectivity index (χ0v) is 26.5. The number of rotatable bonds is 17. The third-order valence-corrected chi connectivity index (χ3v) is 7.87. The summed E-state index contributed by atoms with van der Waals surface area (Å²) in [7, 11) is 1.41. The van der Waals surface area contributed by atoms with E-state index in [9.17, 15) is 19.2 Å². The standard InChI is InChI=1S/C32H45N5O8/c1-21(2)16-25(28(38)32(3)20-44-32)34-31(41)27(19-42-4)35-29(39)24(11-10-22-8-6-5-7-9-22)33-30(40)26-17-23(45-36-26)18-37-12-14-43-15-13-37/h5-9,17,21,24-25,27H,10-16,18-20H2,1-4H3,(H,33,40)(H,34,41)(H,35,39)/t24?,25?,27-,32?/m0/s1. The SMILES string of the molecule is COC[C@H](NC(=O)C(CCc1ccccc1)NC(=O)c1cc(CN2CCOCC2)on1)C(=O)NC(CC(C)C)C(=O)C1(C)CO1. The van der Waals surface area contributed by atoms with E-state index in [1.165, 1.54) is 7.11 Å². The van der Waals surface area contributed by atoms with Crippen molar-refractivity contribution in [2.24, 2.45) is 5.92 Å². The lowest BCUT2D eigenvalue weighted by Crippen LogP contribution is -2.58. The summed E-state index contributed by atoms with van der Waals surface area (Å²) in [6, 6.07) is 8.23. The molecule has 0 aliphatic carbocycles. The number of epoxide rings is 1. The van der Waals surface area contributed by atoms with Crippen molar-refractivity contribution >= 4 is 23.5 Å². The molecule has 45 heavy (non-hydrogen) atoms. The zero-order chi connectivity index (χ0) is 32.4. The monoisotopic (exact) mass is 627 g/mol. The summed E-state index contributed by atoms with van der Waals surface area (Å²) in [5, 5.41) is 12.2. The van der Waals surface area contributed by atoms with E-state index < -0.39 is 41.4 Å². The minimum absolute atomic E-state index is 0.0489. The van der Waals surface area contributed by atoms with Crippen molar-refractivity contribution in [3.63, 3.8) is 0 Å². The van der Waals surface area contributed by atoms with Crippen molar-refractivity contribution in [3.05, 3.63) is 53.4 Å². The number of amides is 3. The number of ether oxygens (including phenoxy) is 3. The average molecular weight is 628 g/mol. The summed E-state index contributed by atoms with van der Waals surface area (Å²) in [5.41, 5.74) is 0.117. The van der Waals surface area contributed by atoms with Gasteiger partial charge in [0.2, 0.25) is 11.8 Å². The molecular weight excluding hydrogens is 582 g/mol. The smallest absolute Gasteiger partial charge is 0.274 e. The third kappa shape index (κ3) is 10.2. The number of methoxy groups -OCH3 is 1. The Kier molecular flexibility index (Phi) is 12.2. The predicted octanol–water partition coefficient (Wildman–Crippen LogP) is 1.26. The topological polar surface area (TPSA) is 165 Å². The molecule has 2 saturated heterocycles. The molecule has 0 bridgehead atoms. The Balaban J connectivity index is 1.44. The average Bonchev–Trinajstić information content (AvgIpc) is 3.61. The minimum atomic E-state index is -1.11. The number of ketones is 1.